The van der Waals surface area contributed by atoms with E-state index >= 15 is 0 Å². The molecule has 0 radical (unpaired) electrons. The molecule has 1 aliphatic carbocycles. The summed E-state index contributed by atoms with van der Waals surface area (Å²) in [5.74, 6) is 0. The van der Waals surface area contributed by atoms with Gasteiger partial charge in [0.15, 0.2) is 0 Å². The van der Waals surface area contributed by atoms with Crippen LogP contribution >= 0.6 is 23.2 Å². The van der Waals surface area contributed by atoms with Crippen molar-refractivity contribution in [1.29, 1.82) is 0 Å². The predicted octanol–water partition coefficient (Wildman–Crippen LogP) is 1.96. The Morgan fingerprint density at radius 3 is 2.67 bits per heavy atom. The first-order chi connectivity index (χ1) is 4.13. The number of halogens is 2. The minimum absolute atomic E-state index is 0.506. The van der Waals surface area contributed by atoms with Crippen LogP contribution in [0.4, 0.5) is 0 Å². The molecule has 2 N–H and O–H groups in total. The summed E-state index contributed by atoms with van der Waals surface area (Å²) in [6, 6.07) is 0. The Kier molecular flexibility index (Phi) is 1.85. The molecule has 0 aromatic rings. The third-order valence-electron chi connectivity index (χ3n) is 1.19. The Balaban J connectivity index is 2.83. The van der Waals surface area contributed by atoms with Gasteiger partial charge in [-0.3, -0.25) is 0 Å². The van der Waals surface area contributed by atoms with Crippen molar-refractivity contribution in [3.63, 3.8) is 0 Å². The Morgan fingerprint density at radius 1 is 1.67 bits per heavy atom. The number of alkyl halides is 1. The van der Waals surface area contributed by atoms with E-state index in [-0.39, 0.29) is 0 Å². The van der Waals surface area contributed by atoms with Gasteiger partial charge in [0.05, 0.1) is 5.03 Å². The number of hydrogen-bond donors (Lipinski definition) is 1. The van der Waals surface area contributed by atoms with Crippen LogP contribution in [-0.2, 0) is 0 Å². The molecule has 0 aromatic carbocycles. The van der Waals surface area contributed by atoms with E-state index in [2.05, 4.69) is 0 Å². The zero-order valence-corrected chi connectivity index (χ0v) is 6.28. The molecule has 9 heavy (non-hydrogen) atoms. The fraction of sp³-hybridized carbons (Fsp3) is 0.333. The SMILES string of the molecule is NC1(Cl)CC=CC=C1Cl. The molecule has 0 aliphatic heterocycles. The molecular weight excluding hydrogens is 157 g/mol. The van der Waals surface area contributed by atoms with Gasteiger partial charge in [0, 0.05) is 6.42 Å². The molecule has 0 saturated heterocycles. The van der Waals surface area contributed by atoms with Gasteiger partial charge in [-0.05, 0) is 6.08 Å². The van der Waals surface area contributed by atoms with E-state index in [0.29, 0.717) is 11.5 Å². The largest absolute Gasteiger partial charge is 0.308 e. The van der Waals surface area contributed by atoms with Crippen LogP contribution in [0.3, 0.4) is 0 Å². The maximum absolute atomic E-state index is 5.75. The summed E-state index contributed by atoms with van der Waals surface area (Å²) in [5.41, 5.74) is 5.54. The Morgan fingerprint density at radius 2 is 2.33 bits per heavy atom. The van der Waals surface area contributed by atoms with Gasteiger partial charge in [0.2, 0.25) is 0 Å². The standard InChI is InChI=1S/C6H7Cl2N/c7-5-3-1-2-4-6(5,8)9/h1-3H,4,9H2. The van der Waals surface area contributed by atoms with Gasteiger partial charge in [-0.1, -0.05) is 35.4 Å². The second kappa shape index (κ2) is 2.33. The number of allylic oxidation sites excluding steroid dienone is 2. The minimum atomic E-state index is -0.851. The third-order valence-corrected chi connectivity index (χ3v) is 2.11. The van der Waals surface area contributed by atoms with E-state index < -0.39 is 5.00 Å². The molecule has 0 aromatic heterocycles. The van der Waals surface area contributed by atoms with Gasteiger partial charge in [-0.25, -0.2) is 0 Å². The molecule has 0 amide bonds. The van der Waals surface area contributed by atoms with Crippen LogP contribution in [0.1, 0.15) is 6.42 Å². The van der Waals surface area contributed by atoms with Crippen molar-refractivity contribution in [2.24, 2.45) is 5.73 Å². The first kappa shape index (κ1) is 7.13. The van der Waals surface area contributed by atoms with Crippen molar-refractivity contribution >= 4 is 23.2 Å². The zero-order valence-electron chi connectivity index (χ0n) is 4.77. The van der Waals surface area contributed by atoms with Crippen molar-refractivity contribution in [3.05, 3.63) is 23.3 Å². The zero-order chi connectivity index (χ0) is 6.91. The van der Waals surface area contributed by atoms with Crippen LogP contribution in [-0.4, -0.2) is 5.00 Å². The monoisotopic (exact) mass is 163 g/mol. The van der Waals surface area contributed by atoms with E-state index in [4.69, 9.17) is 28.9 Å². The third kappa shape index (κ3) is 1.48. The van der Waals surface area contributed by atoms with Crippen LogP contribution in [0.2, 0.25) is 0 Å². The van der Waals surface area contributed by atoms with Crippen LogP contribution in [0, 0.1) is 0 Å². The van der Waals surface area contributed by atoms with Gasteiger partial charge in [-0.2, -0.15) is 0 Å². The lowest BCUT2D eigenvalue weighted by Crippen LogP contribution is -2.33. The Bertz CT molecular complexity index is 170. The highest BCUT2D eigenvalue weighted by atomic mass is 35.5. The highest BCUT2D eigenvalue weighted by molar-refractivity contribution is 6.39. The van der Waals surface area contributed by atoms with Gasteiger partial charge in [0.1, 0.15) is 5.00 Å². The van der Waals surface area contributed by atoms with Crippen molar-refractivity contribution < 1.29 is 0 Å². The van der Waals surface area contributed by atoms with Crippen LogP contribution in [0.25, 0.3) is 0 Å². The maximum atomic E-state index is 5.75. The molecule has 0 spiro atoms. The highest BCUT2D eigenvalue weighted by Crippen LogP contribution is 2.29. The molecule has 0 fully saturated rings. The normalized spacial score (nSPS) is 34.3. The van der Waals surface area contributed by atoms with Gasteiger partial charge in [0.25, 0.3) is 0 Å². The molecular formula is C6H7Cl2N. The van der Waals surface area contributed by atoms with Crippen molar-refractivity contribution in [1.82, 2.24) is 0 Å². The molecule has 1 atom stereocenters. The van der Waals surface area contributed by atoms with Gasteiger partial charge >= 0.3 is 0 Å². The van der Waals surface area contributed by atoms with E-state index in [1.165, 1.54) is 0 Å². The van der Waals surface area contributed by atoms with Crippen molar-refractivity contribution in [2.75, 3.05) is 0 Å². The van der Waals surface area contributed by atoms with E-state index in [1.54, 1.807) is 6.08 Å². The molecule has 1 nitrogen and oxygen atoms in total. The smallest absolute Gasteiger partial charge is 0.131 e. The fourth-order valence-electron chi connectivity index (χ4n) is 0.628. The van der Waals surface area contributed by atoms with Crippen LogP contribution < -0.4 is 5.73 Å². The first-order valence-corrected chi connectivity index (χ1v) is 3.39. The summed E-state index contributed by atoms with van der Waals surface area (Å²) in [7, 11) is 0. The highest BCUT2D eigenvalue weighted by Gasteiger charge is 2.25. The predicted molar refractivity (Wildman–Crippen MR) is 40.5 cm³/mol. The van der Waals surface area contributed by atoms with E-state index in [9.17, 15) is 0 Å². The quantitative estimate of drug-likeness (QED) is 0.429. The summed E-state index contributed by atoms with van der Waals surface area (Å²) >= 11 is 11.4. The number of rotatable bonds is 0. The van der Waals surface area contributed by atoms with Crippen molar-refractivity contribution in [3.8, 4) is 0 Å². The summed E-state index contributed by atoms with van der Waals surface area (Å²) in [6.45, 7) is 0. The van der Waals surface area contributed by atoms with Crippen molar-refractivity contribution in [2.45, 2.75) is 11.4 Å². The summed E-state index contributed by atoms with van der Waals surface area (Å²) < 4.78 is 0. The lowest BCUT2D eigenvalue weighted by atomic mass is 10.1. The van der Waals surface area contributed by atoms with E-state index in [0.717, 1.165) is 0 Å². The summed E-state index contributed by atoms with van der Waals surface area (Å²) in [4.78, 5) is -0.851. The maximum Gasteiger partial charge on any atom is 0.131 e. The van der Waals surface area contributed by atoms with Gasteiger partial charge in [-0.15, -0.1) is 0 Å². The molecule has 0 heterocycles. The number of nitrogens with two attached hydrogens (primary N) is 1. The van der Waals surface area contributed by atoms with E-state index in [1.807, 2.05) is 12.2 Å². The van der Waals surface area contributed by atoms with Gasteiger partial charge < -0.3 is 5.73 Å². The topological polar surface area (TPSA) is 26.0 Å². The average Bonchev–Trinajstić information content (AvgIpc) is 1.77. The molecule has 50 valence electrons. The molecule has 0 saturated carbocycles. The van der Waals surface area contributed by atoms with Crippen LogP contribution in [0.5, 0.6) is 0 Å². The second-order valence-electron chi connectivity index (χ2n) is 2.01. The van der Waals surface area contributed by atoms with Crippen LogP contribution in [0.15, 0.2) is 23.3 Å². The first-order valence-electron chi connectivity index (χ1n) is 2.63. The summed E-state index contributed by atoms with van der Waals surface area (Å²) in [6.07, 6.45) is 6.04. The molecule has 3 heteroatoms. The summed E-state index contributed by atoms with van der Waals surface area (Å²) in [5, 5.41) is 0.506. The average molecular weight is 164 g/mol. The minimum Gasteiger partial charge on any atom is -0.308 e. The Hall–Kier alpha value is 0.0200. The molecule has 1 aliphatic rings. The Labute approximate surface area is 64.1 Å². The number of hydrogen-bond acceptors (Lipinski definition) is 1. The fourth-order valence-corrected chi connectivity index (χ4v) is 0.930. The lowest BCUT2D eigenvalue weighted by Gasteiger charge is -2.21. The molecule has 0 bridgehead atoms. The second-order valence-corrected chi connectivity index (χ2v) is 3.09. The molecule has 1 rings (SSSR count). The molecule has 1 unspecified atom stereocenters. The lowest BCUT2D eigenvalue weighted by molar-refractivity contribution is 0.728.